The molecular formula is C21H37N3O2. The highest BCUT2D eigenvalue weighted by atomic mass is 16.3. The summed E-state index contributed by atoms with van der Waals surface area (Å²) in [6.07, 6.45) is 6.43. The van der Waals surface area contributed by atoms with E-state index in [4.69, 9.17) is 4.42 Å². The molecule has 1 unspecified atom stereocenters. The molecule has 5 heteroatoms. The Balaban J connectivity index is 1.46. The SMILES string of the molecule is CC(C)CCN1CCN(C2CCN(Cc3ccco3)CC2)CC1CCO. The van der Waals surface area contributed by atoms with Crippen LogP contribution in [0, 0.1) is 5.92 Å². The number of hydrogen-bond acceptors (Lipinski definition) is 5. The predicted molar refractivity (Wildman–Crippen MR) is 105 cm³/mol. The summed E-state index contributed by atoms with van der Waals surface area (Å²) < 4.78 is 5.49. The van der Waals surface area contributed by atoms with E-state index in [-0.39, 0.29) is 0 Å². The van der Waals surface area contributed by atoms with Crippen molar-refractivity contribution in [2.75, 3.05) is 45.9 Å². The molecule has 5 nitrogen and oxygen atoms in total. The molecule has 2 saturated heterocycles. The van der Waals surface area contributed by atoms with Crippen molar-refractivity contribution in [3.8, 4) is 0 Å². The first-order chi connectivity index (χ1) is 12.7. The van der Waals surface area contributed by atoms with E-state index in [1.54, 1.807) is 6.26 Å². The van der Waals surface area contributed by atoms with Crippen LogP contribution in [0.1, 0.15) is 45.3 Å². The van der Waals surface area contributed by atoms with Crippen molar-refractivity contribution in [1.29, 1.82) is 0 Å². The highest BCUT2D eigenvalue weighted by molar-refractivity contribution is 4.98. The van der Waals surface area contributed by atoms with Gasteiger partial charge < -0.3 is 9.52 Å². The van der Waals surface area contributed by atoms with E-state index in [0.29, 0.717) is 18.7 Å². The number of piperazine rings is 1. The van der Waals surface area contributed by atoms with Crippen LogP contribution in [0.4, 0.5) is 0 Å². The van der Waals surface area contributed by atoms with E-state index in [2.05, 4.69) is 34.6 Å². The van der Waals surface area contributed by atoms with E-state index in [1.165, 1.54) is 32.4 Å². The minimum absolute atomic E-state index is 0.304. The first kappa shape index (κ1) is 19.9. The van der Waals surface area contributed by atoms with E-state index in [9.17, 15) is 5.11 Å². The standard InChI is InChI=1S/C21H37N3O2/c1-18(2)5-11-23-12-13-24(16-20(23)8-14-25)19-6-9-22(10-7-19)17-21-4-3-15-26-21/h3-4,15,18-20,25H,5-14,16-17H2,1-2H3. The minimum atomic E-state index is 0.304. The molecule has 148 valence electrons. The van der Waals surface area contributed by atoms with Gasteiger partial charge >= 0.3 is 0 Å². The second-order valence-corrected chi connectivity index (χ2v) is 8.47. The number of nitrogens with zero attached hydrogens (tertiary/aromatic N) is 3. The molecule has 0 amide bonds. The van der Waals surface area contributed by atoms with Crippen molar-refractivity contribution in [3.05, 3.63) is 24.2 Å². The number of likely N-dealkylation sites (tertiary alicyclic amines) is 1. The lowest BCUT2D eigenvalue weighted by molar-refractivity contribution is 0.0137. The molecule has 3 rings (SSSR count). The van der Waals surface area contributed by atoms with Crippen LogP contribution in [0.3, 0.4) is 0 Å². The first-order valence-electron chi connectivity index (χ1n) is 10.5. The van der Waals surface area contributed by atoms with E-state index < -0.39 is 0 Å². The van der Waals surface area contributed by atoms with Crippen molar-refractivity contribution in [2.45, 2.75) is 58.2 Å². The molecule has 0 aromatic carbocycles. The van der Waals surface area contributed by atoms with Gasteiger partial charge in [-0.3, -0.25) is 14.7 Å². The quantitative estimate of drug-likeness (QED) is 0.769. The average Bonchev–Trinajstić information content (AvgIpc) is 3.14. The summed E-state index contributed by atoms with van der Waals surface area (Å²) in [4.78, 5) is 7.84. The van der Waals surface area contributed by atoms with Crippen LogP contribution in [0.15, 0.2) is 22.8 Å². The van der Waals surface area contributed by atoms with Gasteiger partial charge in [-0.2, -0.15) is 0 Å². The zero-order valence-corrected chi connectivity index (χ0v) is 16.6. The molecular weight excluding hydrogens is 326 g/mol. The van der Waals surface area contributed by atoms with Gasteiger partial charge in [0.2, 0.25) is 0 Å². The third-order valence-electron chi connectivity index (χ3n) is 6.13. The molecule has 2 fully saturated rings. The maximum atomic E-state index is 9.51. The van der Waals surface area contributed by atoms with Gasteiger partial charge in [-0.05, 0) is 50.3 Å². The summed E-state index contributed by atoms with van der Waals surface area (Å²) in [6.45, 7) is 12.8. The molecule has 0 aliphatic carbocycles. The van der Waals surface area contributed by atoms with Gasteiger partial charge in [-0.25, -0.2) is 0 Å². The topological polar surface area (TPSA) is 43.1 Å². The Bertz CT molecular complexity index is 497. The van der Waals surface area contributed by atoms with Gasteiger partial charge in [0.1, 0.15) is 5.76 Å². The number of rotatable bonds is 8. The Hall–Kier alpha value is -0.880. The highest BCUT2D eigenvalue weighted by Crippen LogP contribution is 2.23. The summed E-state index contributed by atoms with van der Waals surface area (Å²) in [5.74, 6) is 1.83. The molecule has 2 aliphatic rings. The molecule has 0 saturated carbocycles. The lowest BCUT2D eigenvalue weighted by atomic mass is 9.99. The minimum Gasteiger partial charge on any atom is -0.468 e. The van der Waals surface area contributed by atoms with Crippen LogP contribution in [0.5, 0.6) is 0 Å². The van der Waals surface area contributed by atoms with Crippen LogP contribution < -0.4 is 0 Å². The number of furan rings is 1. The number of aliphatic hydroxyl groups excluding tert-OH is 1. The van der Waals surface area contributed by atoms with E-state index >= 15 is 0 Å². The summed E-state index contributed by atoms with van der Waals surface area (Å²) in [5, 5.41) is 9.51. The average molecular weight is 364 g/mol. The van der Waals surface area contributed by atoms with Gasteiger partial charge in [0.15, 0.2) is 0 Å². The third kappa shape index (κ3) is 5.56. The van der Waals surface area contributed by atoms with Crippen LogP contribution in [-0.2, 0) is 6.54 Å². The Labute approximate surface area is 158 Å². The summed E-state index contributed by atoms with van der Waals surface area (Å²) >= 11 is 0. The Morgan fingerprint density at radius 2 is 2.00 bits per heavy atom. The van der Waals surface area contributed by atoms with Gasteiger partial charge in [-0.1, -0.05) is 13.8 Å². The van der Waals surface area contributed by atoms with Crippen molar-refractivity contribution in [3.63, 3.8) is 0 Å². The molecule has 26 heavy (non-hydrogen) atoms. The lowest BCUT2D eigenvalue weighted by Crippen LogP contribution is -2.57. The van der Waals surface area contributed by atoms with E-state index in [0.717, 1.165) is 50.8 Å². The largest absolute Gasteiger partial charge is 0.468 e. The van der Waals surface area contributed by atoms with Crippen molar-refractivity contribution in [1.82, 2.24) is 14.7 Å². The number of piperidine rings is 1. The molecule has 1 N–H and O–H groups in total. The van der Waals surface area contributed by atoms with Gasteiger partial charge in [-0.15, -0.1) is 0 Å². The molecule has 1 aromatic rings. The molecule has 1 aromatic heterocycles. The molecule has 0 radical (unpaired) electrons. The maximum Gasteiger partial charge on any atom is 0.117 e. The fourth-order valence-corrected chi connectivity index (χ4v) is 4.46. The van der Waals surface area contributed by atoms with Crippen molar-refractivity contribution < 1.29 is 9.52 Å². The van der Waals surface area contributed by atoms with Gasteiger partial charge in [0.05, 0.1) is 12.8 Å². The van der Waals surface area contributed by atoms with Crippen molar-refractivity contribution in [2.24, 2.45) is 5.92 Å². The molecule has 2 aliphatic heterocycles. The van der Waals surface area contributed by atoms with Gasteiger partial charge in [0.25, 0.3) is 0 Å². The lowest BCUT2D eigenvalue weighted by Gasteiger charge is -2.46. The number of aliphatic hydroxyl groups is 1. The zero-order valence-electron chi connectivity index (χ0n) is 16.6. The normalized spacial score (nSPS) is 24.5. The predicted octanol–water partition coefficient (Wildman–Crippen LogP) is 2.66. The van der Waals surface area contributed by atoms with Crippen LogP contribution in [-0.4, -0.2) is 77.8 Å². The first-order valence-corrected chi connectivity index (χ1v) is 10.5. The number of hydrogen-bond donors (Lipinski definition) is 1. The Morgan fingerprint density at radius 1 is 1.19 bits per heavy atom. The summed E-state index contributed by atoms with van der Waals surface area (Å²) in [5.41, 5.74) is 0. The van der Waals surface area contributed by atoms with Crippen LogP contribution in [0.25, 0.3) is 0 Å². The highest BCUT2D eigenvalue weighted by Gasteiger charge is 2.32. The molecule has 3 heterocycles. The fraction of sp³-hybridized carbons (Fsp3) is 0.810. The van der Waals surface area contributed by atoms with Gasteiger partial charge in [0, 0.05) is 51.4 Å². The second kappa shape index (κ2) is 9.88. The smallest absolute Gasteiger partial charge is 0.117 e. The Morgan fingerprint density at radius 3 is 2.65 bits per heavy atom. The summed E-state index contributed by atoms with van der Waals surface area (Å²) in [6, 6.07) is 5.27. The molecule has 0 spiro atoms. The maximum absolute atomic E-state index is 9.51. The molecule has 1 atom stereocenters. The Kier molecular flexibility index (Phi) is 7.55. The second-order valence-electron chi connectivity index (χ2n) is 8.47. The molecule has 0 bridgehead atoms. The third-order valence-corrected chi connectivity index (χ3v) is 6.13. The zero-order chi connectivity index (χ0) is 18.4. The van der Waals surface area contributed by atoms with E-state index in [1.807, 2.05) is 6.07 Å². The monoisotopic (exact) mass is 363 g/mol. The fourth-order valence-electron chi connectivity index (χ4n) is 4.46. The van der Waals surface area contributed by atoms with Crippen LogP contribution >= 0.6 is 0 Å². The summed E-state index contributed by atoms with van der Waals surface area (Å²) in [7, 11) is 0. The van der Waals surface area contributed by atoms with Crippen molar-refractivity contribution >= 4 is 0 Å². The van der Waals surface area contributed by atoms with Crippen LogP contribution in [0.2, 0.25) is 0 Å².